The fourth-order valence-electron chi connectivity index (χ4n) is 2.85. The second-order valence-electron chi connectivity index (χ2n) is 5.92. The number of imidazole rings is 1. The van der Waals surface area contributed by atoms with Gasteiger partial charge in [0.15, 0.2) is 0 Å². The van der Waals surface area contributed by atoms with E-state index in [0.29, 0.717) is 5.69 Å². The van der Waals surface area contributed by atoms with Crippen LogP contribution in [0.1, 0.15) is 35.3 Å². The molecule has 3 rings (SSSR count). The summed E-state index contributed by atoms with van der Waals surface area (Å²) in [5.74, 6) is -0.171. The zero-order chi connectivity index (χ0) is 15.4. The summed E-state index contributed by atoms with van der Waals surface area (Å²) in [5.41, 5.74) is 2.50. The van der Waals surface area contributed by atoms with Crippen molar-refractivity contribution in [2.45, 2.75) is 25.8 Å². The molecule has 1 aromatic carbocycles. The number of anilines is 1. The minimum absolute atomic E-state index is 0.171. The van der Waals surface area contributed by atoms with Crippen molar-refractivity contribution in [3.63, 3.8) is 0 Å². The fourth-order valence-corrected chi connectivity index (χ4v) is 2.85. The molecule has 1 N–H and O–H groups in total. The van der Waals surface area contributed by atoms with Crippen molar-refractivity contribution in [1.29, 1.82) is 0 Å². The van der Waals surface area contributed by atoms with Crippen molar-refractivity contribution < 1.29 is 4.79 Å². The second-order valence-corrected chi connectivity index (χ2v) is 5.92. The molecule has 1 aromatic heterocycles. The van der Waals surface area contributed by atoms with Crippen molar-refractivity contribution in [1.82, 2.24) is 14.5 Å². The number of hydrogen-bond donors (Lipinski definition) is 1. The predicted octanol–water partition coefficient (Wildman–Crippen LogP) is 2.66. The summed E-state index contributed by atoms with van der Waals surface area (Å²) in [6.45, 7) is 3.29. The number of carbonyl (C=O) groups excluding carboxylic acids is 1. The first-order valence-electron chi connectivity index (χ1n) is 7.81. The molecule has 1 aliphatic heterocycles. The van der Waals surface area contributed by atoms with Gasteiger partial charge in [-0.25, -0.2) is 4.98 Å². The average molecular weight is 298 g/mol. The quantitative estimate of drug-likeness (QED) is 0.944. The van der Waals surface area contributed by atoms with Crippen LogP contribution in [0.15, 0.2) is 36.8 Å². The molecule has 0 unspecified atom stereocenters. The number of aryl methyl sites for hydroxylation is 1. The van der Waals surface area contributed by atoms with Gasteiger partial charge in [-0.15, -0.1) is 0 Å². The first kappa shape index (κ1) is 14.8. The lowest BCUT2D eigenvalue weighted by Crippen LogP contribution is -2.29. The third-order valence-corrected chi connectivity index (χ3v) is 3.98. The monoisotopic (exact) mass is 298 g/mol. The molecule has 1 amide bonds. The SMILES string of the molecule is Cn1cnc(C(=O)Nc2cccc(CN3CCCCC3)c2)c1. The molecule has 5 nitrogen and oxygen atoms in total. The van der Waals surface area contributed by atoms with E-state index in [1.807, 2.05) is 19.2 Å². The number of aromatic nitrogens is 2. The third kappa shape index (κ3) is 3.74. The van der Waals surface area contributed by atoms with Crippen molar-refractivity contribution in [2.75, 3.05) is 18.4 Å². The van der Waals surface area contributed by atoms with Crippen molar-refractivity contribution >= 4 is 11.6 Å². The third-order valence-electron chi connectivity index (χ3n) is 3.98. The Bertz CT molecular complexity index is 644. The van der Waals surface area contributed by atoms with Gasteiger partial charge in [0, 0.05) is 25.5 Å². The Balaban J connectivity index is 1.64. The summed E-state index contributed by atoms with van der Waals surface area (Å²) in [6, 6.07) is 8.08. The number of amides is 1. The number of piperidine rings is 1. The lowest BCUT2D eigenvalue weighted by atomic mass is 10.1. The summed E-state index contributed by atoms with van der Waals surface area (Å²) < 4.78 is 1.77. The highest BCUT2D eigenvalue weighted by Gasteiger charge is 2.12. The second kappa shape index (κ2) is 6.75. The first-order chi connectivity index (χ1) is 10.7. The molecule has 0 saturated carbocycles. The lowest BCUT2D eigenvalue weighted by Gasteiger charge is -2.26. The van der Waals surface area contributed by atoms with E-state index in [0.717, 1.165) is 12.2 Å². The van der Waals surface area contributed by atoms with Gasteiger partial charge in [-0.1, -0.05) is 18.6 Å². The largest absolute Gasteiger partial charge is 0.340 e. The van der Waals surface area contributed by atoms with Gasteiger partial charge in [0.25, 0.3) is 5.91 Å². The summed E-state index contributed by atoms with van der Waals surface area (Å²) in [7, 11) is 1.85. The number of nitrogens with zero attached hydrogens (tertiary/aromatic N) is 3. The van der Waals surface area contributed by atoms with Gasteiger partial charge in [0.1, 0.15) is 5.69 Å². The van der Waals surface area contributed by atoms with Crippen LogP contribution in [-0.4, -0.2) is 33.4 Å². The number of benzene rings is 1. The standard InChI is InChI=1S/C17H22N4O/c1-20-12-16(18-13-20)17(22)19-15-7-5-6-14(10-15)11-21-8-3-2-4-9-21/h5-7,10,12-13H,2-4,8-9,11H2,1H3,(H,19,22). The Kier molecular flexibility index (Phi) is 4.53. The summed E-state index contributed by atoms with van der Waals surface area (Å²) in [4.78, 5) is 18.7. The van der Waals surface area contributed by atoms with Gasteiger partial charge in [-0.3, -0.25) is 9.69 Å². The van der Waals surface area contributed by atoms with Crippen LogP contribution in [-0.2, 0) is 13.6 Å². The zero-order valence-corrected chi connectivity index (χ0v) is 13.0. The number of carbonyl (C=O) groups is 1. The van der Waals surface area contributed by atoms with Crippen LogP contribution in [0.4, 0.5) is 5.69 Å². The molecule has 1 aliphatic rings. The normalized spacial score (nSPS) is 15.7. The molecule has 0 aliphatic carbocycles. The van der Waals surface area contributed by atoms with E-state index in [1.165, 1.54) is 37.9 Å². The van der Waals surface area contributed by atoms with Gasteiger partial charge in [0.05, 0.1) is 6.33 Å². The van der Waals surface area contributed by atoms with Crippen molar-refractivity contribution in [3.05, 3.63) is 48.0 Å². The van der Waals surface area contributed by atoms with Crippen molar-refractivity contribution in [2.24, 2.45) is 7.05 Å². The Morgan fingerprint density at radius 1 is 1.27 bits per heavy atom. The summed E-state index contributed by atoms with van der Waals surface area (Å²) in [5, 5.41) is 2.92. The van der Waals surface area contributed by atoms with Crippen LogP contribution < -0.4 is 5.32 Å². The molecule has 0 spiro atoms. The maximum Gasteiger partial charge on any atom is 0.275 e. The highest BCUT2D eigenvalue weighted by Crippen LogP contribution is 2.16. The van der Waals surface area contributed by atoms with Crippen LogP contribution in [0.5, 0.6) is 0 Å². The Morgan fingerprint density at radius 3 is 2.82 bits per heavy atom. The molecule has 2 heterocycles. The smallest absolute Gasteiger partial charge is 0.275 e. The first-order valence-corrected chi connectivity index (χ1v) is 7.81. The van der Waals surface area contributed by atoms with E-state index in [-0.39, 0.29) is 5.91 Å². The maximum atomic E-state index is 12.1. The molecule has 1 saturated heterocycles. The summed E-state index contributed by atoms with van der Waals surface area (Å²) >= 11 is 0. The zero-order valence-electron chi connectivity index (χ0n) is 13.0. The summed E-state index contributed by atoms with van der Waals surface area (Å²) in [6.07, 6.45) is 7.26. The van der Waals surface area contributed by atoms with Crippen molar-refractivity contribution in [3.8, 4) is 0 Å². The van der Waals surface area contributed by atoms with Crippen LogP contribution in [0, 0.1) is 0 Å². The van der Waals surface area contributed by atoms with Crippen LogP contribution >= 0.6 is 0 Å². The highest BCUT2D eigenvalue weighted by atomic mass is 16.1. The molecule has 2 aromatic rings. The minimum atomic E-state index is -0.171. The van der Waals surface area contributed by atoms with Crippen LogP contribution in [0.2, 0.25) is 0 Å². The molecule has 0 bridgehead atoms. The molecule has 22 heavy (non-hydrogen) atoms. The molecule has 1 fully saturated rings. The van der Waals surface area contributed by atoms with Gasteiger partial charge >= 0.3 is 0 Å². The molecular formula is C17H22N4O. The molecule has 0 atom stereocenters. The lowest BCUT2D eigenvalue weighted by molar-refractivity contribution is 0.102. The Morgan fingerprint density at radius 2 is 2.09 bits per heavy atom. The predicted molar refractivity (Wildman–Crippen MR) is 86.7 cm³/mol. The van der Waals surface area contributed by atoms with E-state index in [9.17, 15) is 4.79 Å². The number of likely N-dealkylation sites (tertiary alicyclic amines) is 1. The van der Waals surface area contributed by atoms with E-state index < -0.39 is 0 Å². The van der Waals surface area contributed by atoms with E-state index in [2.05, 4.69) is 27.3 Å². The number of hydrogen-bond acceptors (Lipinski definition) is 3. The van der Waals surface area contributed by atoms with Crippen LogP contribution in [0.25, 0.3) is 0 Å². The fraction of sp³-hybridized carbons (Fsp3) is 0.412. The van der Waals surface area contributed by atoms with E-state index in [4.69, 9.17) is 0 Å². The average Bonchev–Trinajstić information content (AvgIpc) is 2.95. The van der Waals surface area contributed by atoms with E-state index >= 15 is 0 Å². The topological polar surface area (TPSA) is 50.2 Å². The molecule has 0 radical (unpaired) electrons. The van der Waals surface area contributed by atoms with Gasteiger partial charge in [0.2, 0.25) is 0 Å². The van der Waals surface area contributed by atoms with Gasteiger partial charge < -0.3 is 9.88 Å². The molecule has 116 valence electrons. The van der Waals surface area contributed by atoms with Gasteiger partial charge in [-0.2, -0.15) is 0 Å². The highest BCUT2D eigenvalue weighted by molar-refractivity contribution is 6.02. The number of nitrogens with one attached hydrogen (secondary N) is 1. The van der Waals surface area contributed by atoms with Crippen LogP contribution in [0.3, 0.4) is 0 Å². The minimum Gasteiger partial charge on any atom is -0.340 e. The molecule has 5 heteroatoms. The number of rotatable bonds is 4. The molecular weight excluding hydrogens is 276 g/mol. The Hall–Kier alpha value is -2.14. The Labute approximate surface area is 131 Å². The van der Waals surface area contributed by atoms with E-state index in [1.54, 1.807) is 17.1 Å². The van der Waals surface area contributed by atoms with Gasteiger partial charge in [-0.05, 0) is 43.6 Å². The maximum absolute atomic E-state index is 12.1.